The average molecular weight is 211 g/mol. The number of hydrogen-bond donors (Lipinski definition) is 0. The predicted octanol–water partition coefficient (Wildman–Crippen LogP) is 0.959. The molecule has 0 aliphatic carbocycles. The molecule has 0 saturated heterocycles. The van der Waals surface area contributed by atoms with E-state index in [-0.39, 0.29) is 5.97 Å². The molecule has 0 N–H and O–H groups in total. The highest BCUT2D eigenvalue weighted by Gasteiger charge is 2.32. The van der Waals surface area contributed by atoms with Gasteiger partial charge in [0.15, 0.2) is 5.60 Å². The van der Waals surface area contributed by atoms with Crippen LogP contribution in [0.2, 0.25) is 0 Å². The van der Waals surface area contributed by atoms with Gasteiger partial charge in [0.1, 0.15) is 0 Å². The topological polar surface area (TPSA) is 35.5 Å². The van der Waals surface area contributed by atoms with Crippen LogP contribution in [0.25, 0.3) is 0 Å². The SMILES string of the molecule is COC(=O)C(C)(CBr)OC. The minimum atomic E-state index is -0.852. The molecule has 0 heterocycles. The monoisotopic (exact) mass is 210 g/mol. The Bertz CT molecular complexity index is 120. The van der Waals surface area contributed by atoms with Crippen molar-refractivity contribution in [2.45, 2.75) is 12.5 Å². The van der Waals surface area contributed by atoms with Crippen molar-refractivity contribution in [1.29, 1.82) is 0 Å². The van der Waals surface area contributed by atoms with Crippen LogP contribution in [0.4, 0.5) is 0 Å². The van der Waals surface area contributed by atoms with Gasteiger partial charge >= 0.3 is 5.97 Å². The smallest absolute Gasteiger partial charge is 0.338 e. The van der Waals surface area contributed by atoms with E-state index < -0.39 is 5.60 Å². The summed E-state index contributed by atoms with van der Waals surface area (Å²) in [7, 11) is 2.81. The summed E-state index contributed by atoms with van der Waals surface area (Å²) in [5.74, 6) is -0.369. The maximum absolute atomic E-state index is 10.9. The Morgan fingerprint density at radius 1 is 1.60 bits per heavy atom. The number of esters is 1. The summed E-state index contributed by atoms with van der Waals surface area (Å²) < 4.78 is 9.42. The van der Waals surface area contributed by atoms with Crippen LogP contribution in [-0.2, 0) is 14.3 Å². The zero-order chi connectivity index (χ0) is 8.20. The Kier molecular flexibility index (Phi) is 3.89. The maximum Gasteiger partial charge on any atom is 0.338 e. The molecule has 0 rings (SSSR count). The summed E-state index contributed by atoms with van der Waals surface area (Å²) in [6, 6.07) is 0. The number of alkyl halides is 1. The van der Waals surface area contributed by atoms with Crippen molar-refractivity contribution >= 4 is 21.9 Å². The number of rotatable bonds is 3. The number of carbonyl (C=O) groups is 1. The van der Waals surface area contributed by atoms with Gasteiger partial charge in [-0.1, -0.05) is 15.9 Å². The molecule has 0 radical (unpaired) electrons. The number of hydrogen-bond acceptors (Lipinski definition) is 3. The van der Waals surface area contributed by atoms with E-state index in [1.54, 1.807) is 6.92 Å². The van der Waals surface area contributed by atoms with Gasteiger partial charge in [-0.2, -0.15) is 0 Å². The van der Waals surface area contributed by atoms with Gasteiger partial charge in [-0.05, 0) is 6.92 Å². The molecule has 0 amide bonds. The van der Waals surface area contributed by atoms with Crippen LogP contribution < -0.4 is 0 Å². The van der Waals surface area contributed by atoms with E-state index in [0.717, 1.165) is 0 Å². The zero-order valence-electron chi connectivity index (χ0n) is 6.31. The van der Waals surface area contributed by atoms with Crippen LogP contribution >= 0.6 is 15.9 Å². The van der Waals surface area contributed by atoms with Gasteiger partial charge in [0.25, 0.3) is 0 Å². The highest BCUT2D eigenvalue weighted by molar-refractivity contribution is 9.09. The van der Waals surface area contributed by atoms with Crippen molar-refractivity contribution in [1.82, 2.24) is 0 Å². The number of ether oxygens (including phenoxy) is 2. The lowest BCUT2D eigenvalue weighted by molar-refractivity contribution is -0.160. The number of methoxy groups -OCH3 is 2. The third-order valence-electron chi connectivity index (χ3n) is 1.32. The maximum atomic E-state index is 10.9. The molecule has 0 aromatic heterocycles. The second-order valence-corrected chi connectivity index (χ2v) is 2.62. The molecular weight excluding hydrogens is 200 g/mol. The van der Waals surface area contributed by atoms with Gasteiger partial charge in [-0.3, -0.25) is 0 Å². The van der Waals surface area contributed by atoms with E-state index >= 15 is 0 Å². The molecule has 0 aliphatic rings. The summed E-state index contributed by atoms with van der Waals surface area (Å²) in [5.41, 5.74) is -0.852. The highest BCUT2D eigenvalue weighted by Crippen LogP contribution is 2.13. The highest BCUT2D eigenvalue weighted by atomic mass is 79.9. The Morgan fingerprint density at radius 2 is 2.10 bits per heavy atom. The molecular formula is C6H11BrO3. The molecule has 0 spiro atoms. The van der Waals surface area contributed by atoms with E-state index in [9.17, 15) is 4.79 Å². The third-order valence-corrected chi connectivity index (χ3v) is 2.39. The Hall–Kier alpha value is -0.0900. The molecule has 1 unspecified atom stereocenters. The summed E-state index contributed by atoms with van der Waals surface area (Å²) in [5, 5.41) is 0.434. The molecule has 1 atom stereocenters. The molecule has 0 aromatic carbocycles. The van der Waals surface area contributed by atoms with Crippen molar-refractivity contribution in [2.24, 2.45) is 0 Å². The number of halogens is 1. The Labute approximate surface area is 68.8 Å². The number of carbonyl (C=O) groups excluding carboxylic acids is 1. The van der Waals surface area contributed by atoms with E-state index in [1.807, 2.05) is 0 Å². The van der Waals surface area contributed by atoms with Crippen molar-refractivity contribution in [2.75, 3.05) is 19.5 Å². The fraction of sp³-hybridized carbons (Fsp3) is 0.833. The minimum Gasteiger partial charge on any atom is -0.467 e. The molecule has 60 valence electrons. The summed E-state index contributed by atoms with van der Waals surface area (Å²) in [6.45, 7) is 1.66. The second-order valence-electron chi connectivity index (χ2n) is 2.06. The van der Waals surface area contributed by atoms with E-state index in [1.165, 1.54) is 14.2 Å². The van der Waals surface area contributed by atoms with Gasteiger partial charge < -0.3 is 9.47 Å². The molecule has 0 saturated carbocycles. The van der Waals surface area contributed by atoms with Crippen LogP contribution in [0.15, 0.2) is 0 Å². The fourth-order valence-electron chi connectivity index (χ4n) is 0.408. The fourth-order valence-corrected chi connectivity index (χ4v) is 0.866. The van der Waals surface area contributed by atoms with E-state index in [0.29, 0.717) is 5.33 Å². The lowest BCUT2D eigenvalue weighted by Gasteiger charge is -2.21. The van der Waals surface area contributed by atoms with Gasteiger partial charge in [-0.25, -0.2) is 4.79 Å². The largest absolute Gasteiger partial charge is 0.467 e. The Balaban J connectivity index is 4.17. The van der Waals surface area contributed by atoms with Crippen molar-refractivity contribution in [3.63, 3.8) is 0 Å². The van der Waals surface area contributed by atoms with Crippen LogP contribution in [0, 0.1) is 0 Å². The molecule has 0 bridgehead atoms. The van der Waals surface area contributed by atoms with E-state index in [2.05, 4.69) is 20.7 Å². The summed E-state index contributed by atoms with van der Waals surface area (Å²) >= 11 is 3.15. The second kappa shape index (κ2) is 3.93. The first-order valence-electron chi connectivity index (χ1n) is 2.80. The Morgan fingerprint density at radius 3 is 2.20 bits per heavy atom. The van der Waals surface area contributed by atoms with Crippen LogP contribution in [0.3, 0.4) is 0 Å². The summed E-state index contributed by atoms with van der Waals surface area (Å²) in [4.78, 5) is 10.9. The van der Waals surface area contributed by atoms with Gasteiger partial charge in [0.2, 0.25) is 0 Å². The van der Waals surface area contributed by atoms with Crippen LogP contribution in [0.1, 0.15) is 6.92 Å². The normalized spacial score (nSPS) is 16.0. The van der Waals surface area contributed by atoms with Crippen molar-refractivity contribution in [3.05, 3.63) is 0 Å². The van der Waals surface area contributed by atoms with Gasteiger partial charge in [0.05, 0.1) is 7.11 Å². The molecule has 3 nitrogen and oxygen atoms in total. The zero-order valence-corrected chi connectivity index (χ0v) is 7.90. The van der Waals surface area contributed by atoms with E-state index in [4.69, 9.17) is 4.74 Å². The first-order chi connectivity index (χ1) is 4.60. The molecule has 0 aromatic rings. The van der Waals surface area contributed by atoms with Crippen LogP contribution in [0.5, 0.6) is 0 Å². The quantitative estimate of drug-likeness (QED) is 0.515. The van der Waals surface area contributed by atoms with Crippen molar-refractivity contribution in [3.8, 4) is 0 Å². The molecule has 4 heteroatoms. The predicted molar refractivity (Wildman–Crippen MR) is 41.2 cm³/mol. The first kappa shape index (κ1) is 9.91. The average Bonchev–Trinajstić information content (AvgIpc) is 2.01. The summed E-state index contributed by atoms with van der Waals surface area (Å²) in [6.07, 6.45) is 0. The van der Waals surface area contributed by atoms with Crippen molar-refractivity contribution < 1.29 is 14.3 Å². The van der Waals surface area contributed by atoms with Crippen LogP contribution in [-0.4, -0.2) is 31.1 Å². The molecule has 10 heavy (non-hydrogen) atoms. The molecule has 0 fully saturated rings. The lowest BCUT2D eigenvalue weighted by atomic mass is 10.1. The minimum absolute atomic E-state index is 0.369. The first-order valence-corrected chi connectivity index (χ1v) is 3.92. The van der Waals surface area contributed by atoms with Gasteiger partial charge in [-0.15, -0.1) is 0 Å². The third kappa shape index (κ3) is 1.95. The molecule has 0 aliphatic heterocycles. The van der Waals surface area contributed by atoms with Gasteiger partial charge in [0, 0.05) is 12.4 Å². The lowest BCUT2D eigenvalue weighted by Crippen LogP contribution is -2.40. The standard InChI is InChI=1S/C6H11BrO3/c1-6(4-7,10-3)5(8)9-2/h4H2,1-3H3.